The van der Waals surface area contributed by atoms with Crippen LogP contribution >= 0.6 is 45.2 Å². The van der Waals surface area contributed by atoms with E-state index in [4.69, 9.17) is 4.74 Å². The van der Waals surface area contributed by atoms with Crippen molar-refractivity contribution < 1.29 is 4.74 Å². The highest BCUT2D eigenvalue weighted by atomic mass is 127. The molecular weight excluding hydrogens is 614 g/mol. The van der Waals surface area contributed by atoms with Crippen LogP contribution in [0.2, 0.25) is 36.3 Å². The minimum Gasteiger partial charge on any atom is -0.374 e. The maximum Gasteiger partial charge on any atom is 0.0918 e. The first-order valence-electron chi connectivity index (χ1n) is 10.5. The van der Waals surface area contributed by atoms with Crippen molar-refractivity contribution in [2.75, 3.05) is 0 Å². The lowest BCUT2D eigenvalue weighted by Gasteiger charge is -2.47. The van der Waals surface area contributed by atoms with Gasteiger partial charge in [0.2, 0.25) is 0 Å². The average Bonchev–Trinajstić information content (AvgIpc) is 2.51. The Morgan fingerprint density at radius 1 is 0.690 bits per heavy atom. The summed E-state index contributed by atoms with van der Waals surface area (Å²) in [5.74, 6) is 0. The number of ether oxygens (including phenoxy) is 1. The zero-order valence-electron chi connectivity index (χ0n) is 20.8. The molecule has 168 valence electrons. The Hall–Kier alpha value is 0.814. The van der Waals surface area contributed by atoms with Gasteiger partial charge in [0, 0.05) is 0 Å². The Labute approximate surface area is 211 Å². The van der Waals surface area contributed by atoms with Gasteiger partial charge >= 0.3 is 0 Å². The Kier molecular flexibility index (Phi) is 11.9. The van der Waals surface area contributed by atoms with E-state index in [2.05, 4.69) is 159 Å². The number of hydrogen-bond acceptors (Lipinski definition) is 1. The first kappa shape index (κ1) is 29.8. The standard InChI is InChI=1S/C24H44I2OSi2/c1-19(13-15-25)17-21(28(9,10)23(3,4)5)27-22(18-20(2)14-16-26)29(11,12)24(6,7)8/h13-18,21-22H,1-12H3/b15-13+,16-14+,19-17+,20-18+/t21-,22-/m1/s1. The van der Waals surface area contributed by atoms with Gasteiger partial charge in [-0.15, -0.1) is 0 Å². The van der Waals surface area contributed by atoms with Crippen molar-refractivity contribution in [2.45, 2.75) is 103 Å². The molecule has 0 saturated carbocycles. The van der Waals surface area contributed by atoms with E-state index in [-0.39, 0.29) is 21.5 Å². The lowest BCUT2D eigenvalue weighted by molar-refractivity contribution is 0.116. The van der Waals surface area contributed by atoms with E-state index < -0.39 is 16.1 Å². The predicted molar refractivity (Wildman–Crippen MR) is 157 cm³/mol. The summed E-state index contributed by atoms with van der Waals surface area (Å²) in [4.78, 5) is 0. The Bertz CT molecular complexity index is 589. The van der Waals surface area contributed by atoms with Crippen LogP contribution in [-0.2, 0) is 4.74 Å². The van der Waals surface area contributed by atoms with Crippen LogP contribution < -0.4 is 0 Å². The SMILES string of the molecule is CC(/C=C/I)=C\[C@H](O[C@@H](/C=C(C)/C=C/I)[Si](C)(C)C(C)(C)C)[Si](C)(C)C(C)(C)C. The maximum absolute atomic E-state index is 7.17. The van der Waals surface area contributed by atoms with E-state index in [1.54, 1.807) is 0 Å². The third kappa shape index (κ3) is 8.69. The van der Waals surface area contributed by atoms with Gasteiger partial charge in [-0.2, -0.15) is 0 Å². The molecule has 0 aliphatic rings. The van der Waals surface area contributed by atoms with Gasteiger partial charge in [0.1, 0.15) is 0 Å². The van der Waals surface area contributed by atoms with Gasteiger partial charge in [-0.3, -0.25) is 0 Å². The molecule has 0 saturated heterocycles. The highest BCUT2D eigenvalue weighted by molar-refractivity contribution is 14.1. The van der Waals surface area contributed by atoms with Crippen LogP contribution in [0.4, 0.5) is 0 Å². The summed E-state index contributed by atoms with van der Waals surface area (Å²) in [5.41, 5.74) is 2.91. The number of hydrogen-bond donors (Lipinski definition) is 0. The van der Waals surface area contributed by atoms with E-state index in [0.717, 1.165) is 0 Å². The quantitative estimate of drug-likeness (QED) is 0.143. The zero-order valence-corrected chi connectivity index (χ0v) is 27.1. The van der Waals surface area contributed by atoms with Crippen LogP contribution in [-0.4, -0.2) is 27.6 Å². The molecule has 0 unspecified atom stereocenters. The molecule has 0 radical (unpaired) electrons. The fourth-order valence-corrected chi connectivity index (χ4v) is 7.94. The maximum atomic E-state index is 7.17. The van der Waals surface area contributed by atoms with E-state index in [0.29, 0.717) is 0 Å². The lowest BCUT2D eigenvalue weighted by Crippen LogP contribution is -2.56. The molecule has 0 aromatic heterocycles. The van der Waals surface area contributed by atoms with E-state index in [9.17, 15) is 0 Å². The van der Waals surface area contributed by atoms with Crippen molar-refractivity contribution in [1.29, 1.82) is 0 Å². The van der Waals surface area contributed by atoms with Crippen molar-refractivity contribution in [3.8, 4) is 0 Å². The van der Waals surface area contributed by atoms with Crippen LogP contribution in [0.25, 0.3) is 0 Å². The van der Waals surface area contributed by atoms with Gasteiger partial charge in [-0.25, -0.2) is 0 Å². The van der Waals surface area contributed by atoms with Crippen molar-refractivity contribution >= 4 is 61.3 Å². The Morgan fingerprint density at radius 2 is 0.966 bits per heavy atom. The molecule has 0 aliphatic carbocycles. The van der Waals surface area contributed by atoms with Crippen molar-refractivity contribution in [2.24, 2.45) is 0 Å². The molecule has 1 nitrogen and oxygen atoms in total. The molecule has 0 bridgehead atoms. The molecule has 2 atom stereocenters. The lowest BCUT2D eigenvalue weighted by atomic mass is 10.2. The Balaban J connectivity index is 6.52. The molecule has 0 aromatic carbocycles. The van der Waals surface area contributed by atoms with Crippen LogP contribution in [0.15, 0.2) is 43.6 Å². The molecule has 0 aliphatic heterocycles. The minimum atomic E-state index is -1.76. The minimum absolute atomic E-state index is 0.168. The number of allylic oxidation sites excluding steroid dienone is 4. The second-order valence-corrected chi connectivity index (χ2v) is 23.8. The average molecular weight is 659 g/mol. The normalized spacial score (nSPS) is 18.0. The summed E-state index contributed by atoms with van der Waals surface area (Å²) in [6.07, 6.45) is 9.16. The molecule has 0 aromatic rings. The molecule has 0 amide bonds. The molecular formula is C24H44I2OSi2. The third-order valence-electron chi connectivity index (χ3n) is 7.06. The van der Waals surface area contributed by atoms with E-state index in [1.807, 2.05) is 0 Å². The van der Waals surface area contributed by atoms with Gasteiger partial charge in [0.05, 0.1) is 27.6 Å². The van der Waals surface area contributed by atoms with Crippen molar-refractivity contribution in [3.63, 3.8) is 0 Å². The number of rotatable bonds is 8. The van der Waals surface area contributed by atoms with E-state index >= 15 is 0 Å². The highest BCUT2D eigenvalue weighted by Gasteiger charge is 2.47. The second kappa shape index (κ2) is 11.6. The molecule has 0 heterocycles. The number of halogens is 2. The molecule has 0 rings (SSSR count). The summed E-state index contributed by atoms with van der Waals surface area (Å²) < 4.78 is 11.3. The summed E-state index contributed by atoms with van der Waals surface area (Å²) in [7, 11) is -3.52. The second-order valence-electron chi connectivity index (χ2n) is 11.3. The van der Waals surface area contributed by atoms with Crippen LogP contribution in [0.5, 0.6) is 0 Å². The van der Waals surface area contributed by atoms with Gasteiger partial charge in [-0.1, -0.05) is 148 Å². The smallest absolute Gasteiger partial charge is 0.0918 e. The fourth-order valence-electron chi connectivity index (χ4n) is 2.63. The fraction of sp³-hybridized carbons (Fsp3) is 0.667. The molecule has 29 heavy (non-hydrogen) atoms. The van der Waals surface area contributed by atoms with E-state index in [1.165, 1.54) is 11.1 Å². The highest BCUT2D eigenvalue weighted by Crippen LogP contribution is 2.44. The summed E-state index contributed by atoms with van der Waals surface area (Å²) in [6, 6.07) is 0. The molecule has 0 N–H and O–H groups in total. The van der Waals surface area contributed by atoms with Gasteiger partial charge < -0.3 is 4.74 Å². The third-order valence-corrected chi connectivity index (χ3v) is 19.0. The van der Waals surface area contributed by atoms with Crippen LogP contribution in [0.3, 0.4) is 0 Å². The van der Waals surface area contributed by atoms with Gasteiger partial charge in [0.25, 0.3) is 0 Å². The summed E-state index contributed by atoms with van der Waals surface area (Å²) in [6.45, 7) is 28.6. The monoisotopic (exact) mass is 658 g/mol. The van der Waals surface area contributed by atoms with Gasteiger partial charge in [0.15, 0.2) is 0 Å². The van der Waals surface area contributed by atoms with Crippen LogP contribution in [0.1, 0.15) is 55.4 Å². The first-order valence-corrected chi connectivity index (χ1v) is 19.1. The largest absolute Gasteiger partial charge is 0.374 e. The van der Waals surface area contributed by atoms with Gasteiger partial charge in [-0.05, 0) is 32.1 Å². The van der Waals surface area contributed by atoms with Crippen molar-refractivity contribution in [3.05, 3.63) is 43.6 Å². The first-order chi connectivity index (χ1) is 12.9. The predicted octanol–water partition coefficient (Wildman–Crippen LogP) is 9.63. The van der Waals surface area contributed by atoms with Crippen molar-refractivity contribution in [1.82, 2.24) is 0 Å². The topological polar surface area (TPSA) is 9.23 Å². The molecule has 5 heteroatoms. The summed E-state index contributed by atoms with van der Waals surface area (Å²) >= 11 is 4.60. The Morgan fingerprint density at radius 3 is 1.17 bits per heavy atom. The zero-order chi connectivity index (χ0) is 23.3. The summed E-state index contributed by atoms with van der Waals surface area (Å²) in [5, 5.41) is 0.503. The van der Waals surface area contributed by atoms with Crippen LogP contribution in [0, 0.1) is 0 Å². The molecule has 0 fully saturated rings. The molecule has 0 spiro atoms.